The van der Waals surface area contributed by atoms with Crippen molar-refractivity contribution >= 4 is 28.6 Å². The van der Waals surface area contributed by atoms with Gasteiger partial charge in [0, 0.05) is 11.1 Å². The molecule has 0 saturated heterocycles. The van der Waals surface area contributed by atoms with Crippen LogP contribution in [-0.2, 0) is 6.18 Å². The number of aryl methyl sites for hydroxylation is 2. The fourth-order valence-electron chi connectivity index (χ4n) is 3.44. The van der Waals surface area contributed by atoms with Gasteiger partial charge in [-0.2, -0.15) is 18.4 Å². The molecule has 0 saturated carbocycles. The van der Waals surface area contributed by atoms with Crippen molar-refractivity contribution < 1.29 is 27.8 Å². The van der Waals surface area contributed by atoms with Gasteiger partial charge in [0.15, 0.2) is 0 Å². The maximum atomic E-state index is 13.3. The van der Waals surface area contributed by atoms with Gasteiger partial charge in [0.05, 0.1) is 34.5 Å². The molecule has 0 spiro atoms. The Balaban J connectivity index is 2.27. The van der Waals surface area contributed by atoms with Crippen LogP contribution < -0.4 is 10.6 Å². The maximum Gasteiger partial charge on any atom is 0.416 e. The van der Waals surface area contributed by atoms with Gasteiger partial charge in [-0.15, -0.1) is 0 Å². The zero-order valence-corrected chi connectivity index (χ0v) is 17.1. The number of nitrogens with zero attached hydrogens (tertiary/aromatic N) is 1. The Kier molecular flexibility index (Phi) is 6.04. The van der Waals surface area contributed by atoms with E-state index in [0.717, 1.165) is 12.1 Å². The number of aliphatic hydroxyl groups is 2. The molecule has 1 aromatic heterocycles. The molecule has 0 fully saturated rings. The number of anilines is 1. The molecular formula is C20H18ClF3N4O3. The first-order valence-electron chi connectivity index (χ1n) is 9.01. The molecular weight excluding hydrogens is 437 g/mol. The lowest BCUT2D eigenvalue weighted by Gasteiger charge is -2.35. The maximum absolute atomic E-state index is 13.3. The Labute approximate surface area is 180 Å². The second kappa shape index (κ2) is 8.26. The van der Waals surface area contributed by atoms with Crippen LogP contribution in [0.2, 0.25) is 5.02 Å². The van der Waals surface area contributed by atoms with Crippen LogP contribution in [0.1, 0.15) is 34.3 Å². The monoisotopic (exact) mass is 454 g/mol. The van der Waals surface area contributed by atoms with Crippen LogP contribution in [0.25, 0.3) is 5.57 Å². The second-order valence-corrected chi connectivity index (χ2v) is 7.39. The van der Waals surface area contributed by atoms with Gasteiger partial charge in [-0.25, -0.2) is 0 Å². The highest BCUT2D eigenvalue weighted by Gasteiger charge is 2.37. The molecule has 2 unspecified atom stereocenters. The molecule has 0 bridgehead atoms. The number of fused-ring (bicyclic) bond motifs is 1. The molecule has 0 aliphatic carbocycles. The summed E-state index contributed by atoms with van der Waals surface area (Å²) in [7, 11) is 0. The third-order valence-electron chi connectivity index (χ3n) is 4.83. The first-order valence-corrected chi connectivity index (χ1v) is 9.39. The fourth-order valence-corrected chi connectivity index (χ4v) is 3.71. The minimum atomic E-state index is -4.68. The van der Waals surface area contributed by atoms with Crippen LogP contribution in [0.4, 0.5) is 18.9 Å². The lowest BCUT2D eigenvalue weighted by molar-refractivity contribution is -0.137. The largest absolute Gasteiger partial charge is 0.466 e. The van der Waals surface area contributed by atoms with E-state index < -0.39 is 36.2 Å². The number of allylic oxidation sites excluding steroid dienone is 1. The van der Waals surface area contributed by atoms with Crippen molar-refractivity contribution in [3.63, 3.8) is 0 Å². The number of rotatable bonds is 4. The lowest BCUT2D eigenvalue weighted by Crippen LogP contribution is -2.40. The van der Waals surface area contributed by atoms with Crippen LogP contribution >= 0.6 is 11.6 Å². The van der Waals surface area contributed by atoms with Gasteiger partial charge in [0.25, 0.3) is 0 Å². The summed E-state index contributed by atoms with van der Waals surface area (Å²) in [5.74, 6) is 0.988. The molecule has 11 heteroatoms. The molecule has 0 amide bonds. The lowest BCUT2D eigenvalue weighted by atomic mass is 9.93. The Hall–Kier alpha value is -3.00. The summed E-state index contributed by atoms with van der Waals surface area (Å²) in [5, 5.41) is 42.6. The number of alkyl halides is 3. The van der Waals surface area contributed by atoms with Gasteiger partial charge in [-0.1, -0.05) is 11.6 Å². The fraction of sp³-hybridized carbons (Fsp3) is 0.300. The average Bonchev–Trinajstić information content (AvgIpc) is 3.03. The highest BCUT2D eigenvalue weighted by molar-refractivity contribution is 6.34. The number of hydrogen-bond acceptors (Lipinski definition) is 7. The molecule has 1 aromatic carbocycles. The number of nitriles is 1. The highest BCUT2D eigenvalue weighted by Crippen LogP contribution is 2.43. The molecule has 3 rings (SSSR count). The molecule has 0 radical (unpaired) electrons. The molecule has 7 nitrogen and oxygen atoms in total. The van der Waals surface area contributed by atoms with E-state index in [1.54, 1.807) is 26.0 Å². The van der Waals surface area contributed by atoms with Gasteiger partial charge >= 0.3 is 6.18 Å². The molecule has 2 atom stereocenters. The zero-order valence-electron chi connectivity index (χ0n) is 16.4. The summed E-state index contributed by atoms with van der Waals surface area (Å²) in [5.41, 5.74) is -0.956. The number of nitrogens with one attached hydrogen (secondary N) is 3. The SMILES string of the molecule is Cc1cc(/C(C(=N)C#N)=C2/Nc3c(Cl)cc(C(F)(F)F)cc3C(C(O)CO)N2)c(C)o1. The summed E-state index contributed by atoms with van der Waals surface area (Å²) >= 11 is 6.14. The molecule has 31 heavy (non-hydrogen) atoms. The molecule has 5 N–H and O–H groups in total. The van der Waals surface area contributed by atoms with Gasteiger partial charge in [-0.05, 0) is 32.0 Å². The minimum Gasteiger partial charge on any atom is -0.466 e. The zero-order chi connectivity index (χ0) is 23.1. The second-order valence-electron chi connectivity index (χ2n) is 6.98. The molecule has 1 aliphatic rings. The van der Waals surface area contributed by atoms with Crippen LogP contribution in [0.3, 0.4) is 0 Å². The standard InChI is InChI=1S/C20H18ClF3N4O3/c1-8-3-11(9(2)31-8)16(14(26)6-25)19-27-17-12(18(28-19)15(30)7-29)4-10(5-13(17)21)20(22,23)24/h3-5,15,18,26-30H,7H2,1-2H3/b19-16+,26-14?. The Morgan fingerprint density at radius 2 is 2.03 bits per heavy atom. The third-order valence-corrected chi connectivity index (χ3v) is 5.13. The highest BCUT2D eigenvalue weighted by atomic mass is 35.5. The van der Waals surface area contributed by atoms with Gasteiger partial charge in [-0.3, -0.25) is 5.41 Å². The van der Waals surface area contributed by atoms with Crippen molar-refractivity contribution in [3.05, 3.63) is 57.3 Å². The first kappa shape index (κ1) is 22.7. The van der Waals surface area contributed by atoms with E-state index in [0.29, 0.717) is 17.1 Å². The van der Waals surface area contributed by atoms with Crippen molar-refractivity contribution in [1.29, 1.82) is 10.7 Å². The van der Waals surface area contributed by atoms with Crippen LogP contribution in [0, 0.1) is 30.6 Å². The summed E-state index contributed by atoms with van der Waals surface area (Å²) in [6.45, 7) is 2.56. The normalized spacial score (nSPS) is 18.4. The summed E-state index contributed by atoms with van der Waals surface area (Å²) in [4.78, 5) is 0. The summed E-state index contributed by atoms with van der Waals surface area (Å²) in [6.07, 6.45) is -6.18. The van der Waals surface area contributed by atoms with Crippen LogP contribution in [0.5, 0.6) is 0 Å². The van der Waals surface area contributed by atoms with Crippen molar-refractivity contribution in [3.8, 4) is 6.07 Å². The van der Waals surface area contributed by atoms with Crippen LogP contribution in [0.15, 0.2) is 28.4 Å². The smallest absolute Gasteiger partial charge is 0.416 e. The topological polar surface area (TPSA) is 125 Å². The van der Waals surface area contributed by atoms with E-state index in [1.165, 1.54) is 0 Å². The molecule has 2 heterocycles. The van der Waals surface area contributed by atoms with E-state index in [4.69, 9.17) is 21.4 Å². The number of furan rings is 1. The van der Waals surface area contributed by atoms with E-state index in [-0.39, 0.29) is 27.7 Å². The van der Waals surface area contributed by atoms with E-state index in [9.17, 15) is 28.6 Å². The molecule has 164 valence electrons. The van der Waals surface area contributed by atoms with Crippen molar-refractivity contribution in [2.45, 2.75) is 32.2 Å². The number of aliphatic hydroxyl groups excluding tert-OH is 2. The minimum absolute atomic E-state index is 0.0203. The number of halogens is 4. The molecule has 2 aromatic rings. The van der Waals surface area contributed by atoms with Crippen molar-refractivity contribution in [2.24, 2.45) is 0 Å². The predicted molar refractivity (Wildman–Crippen MR) is 107 cm³/mol. The Morgan fingerprint density at radius 3 is 2.55 bits per heavy atom. The number of benzene rings is 1. The summed E-state index contributed by atoms with van der Waals surface area (Å²) < 4.78 is 45.3. The van der Waals surface area contributed by atoms with Gasteiger partial charge < -0.3 is 25.3 Å². The first-order chi connectivity index (χ1) is 14.5. The Bertz CT molecular complexity index is 1120. The van der Waals surface area contributed by atoms with Gasteiger partial charge in [0.1, 0.15) is 35.2 Å². The van der Waals surface area contributed by atoms with Crippen LogP contribution in [-0.4, -0.2) is 28.6 Å². The van der Waals surface area contributed by atoms with E-state index in [2.05, 4.69) is 10.6 Å². The Morgan fingerprint density at radius 1 is 1.35 bits per heavy atom. The number of hydrogen-bond donors (Lipinski definition) is 5. The van der Waals surface area contributed by atoms with Gasteiger partial charge in [0.2, 0.25) is 0 Å². The quantitative estimate of drug-likeness (QED) is 0.446. The van der Waals surface area contributed by atoms with Crippen molar-refractivity contribution in [1.82, 2.24) is 5.32 Å². The van der Waals surface area contributed by atoms with E-state index >= 15 is 0 Å². The van der Waals surface area contributed by atoms with E-state index in [1.807, 2.05) is 0 Å². The summed E-state index contributed by atoms with van der Waals surface area (Å²) in [6, 6.07) is 3.70. The van der Waals surface area contributed by atoms with Crippen molar-refractivity contribution in [2.75, 3.05) is 11.9 Å². The third kappa shape index (κ3) is 4.25. The molecule has 1 aliphatic heterocycles. The predicted octanol–water partition coefficient (Wildman–Crippen LogP) is 3.89. The average molecular weight is 455 g/mol.